The zero-order valence-electron chi connectivity index (χ0n) is 18.4. The minimum Gasteiger partial charge on any atom is -0.400 e. The fourth-order valence-corrected chi connectivity index (χ4v) is 7.88. The van der Waals surface area contributed by atoms with Crippen LogP contribution in [0.3, 0.4) is 0 Å². The lowest BCUT2D eigenvalue weighted by Gasteiger charge is -2.55. The van der Waals surface area contributed by atoms with Crippen LogP contribution < -0.4 is 0 Å². The molecule has 4 saturated carbocycles. The summed E-state index contributed by atoms with van der Waals surface area (Å²) in [4.78, 5) is 13.1. The van der Waals surface area contributed by atoms with Crippen molar-refractivity contribution in [3.8, 4) is 0 Å². The molecule has 6 atom stereocenters. The van der Waals surface area contributed by atoms with Gasteiger partial charge in [-0.3, -0.25) is 4.79 Å². The fourth-order valence-electron chi connectivity index (χ4n) is 7.88. The first-order valence-corrected chi connectivity index (χ1v) is 11.2. The van der Waals surface area contributed by atoms with Crippen LogP contribution in [0.25, 0.3) is 0 Å². The third-order valence-corrected chi connectivity index (χ3v) is 9.67. The van der Waals surface area contributed by atoms with Crippen molar-refractivity contribution < 1.29 is 14.1 Å². The average Bonchev–Trinajstić information content (AvgIpc) is 3.01. The van der Waals surface area contributed by atoms with Crippen LogP contribution >= 0.6 is 0 Å². The maximum Gasteiger partial charge on any atom is 0.486 e. The quantitative estimate of drug-likeness (QED) is 0.633. The van der Waals surface area contributed by atoms with E-state index in [1.54, 1.807) is 0 Å². The van der Waals surface area contributed by atoms with E-state index in [2.05, 4.69) is 53.7 Å². The highest BCUT2D eigenvalue weighted by atomic mass is 16.7. The zero-order chi connectivity index (χ0) is 20.2. The molecule has 0 aromatic rings. The first-order chi connectivity index (χ1) is 12.9. The highest BCUT2D eigenvalue weighted by Crippen LogP contribution is 2.76. The number of allylic oxidation sites excluding steroid dienone is 3. The second kappa shape index (κ2) is 5.43. The van der Waals surface area contributed by atoms with Crippen LogP contribution in [-0.2, 0) is 14.1 Å². The maximum absolute atomic E-state index is 13.1. The second-order valence-corrected chi connectivity index (χ2v) is 12.0. The molecule has 0 N–H and O–H groups in total. The van der Waals surface area contributed by atoms with Crippen molar-refractivity contribution in [3.05, 3.63) is 24.2 Å². The predicted octanol–water partition coefficient (Wildman–Crippen LogP) is 5.15. The van der Waals surface area contributed by atoms with E-state index in [0.29, 0.717) is 23.0 Å². The zero-order valence-corrected chi connectivity index (χ0v) is 18.4. The number of hydrogen-bond donors (Lipinski definition) is 0. The molecule has 0 amide bonds. The van der Waals surface area contributed by atoms with Crippen LogP contribution in [-0.4, -0.2) is 24.1 Å². The largest absolute Gasteiger partial charge is 0.486 e. The highest BCUT2D eigenvalue weighted by molar-refractivity contribution is 6.51. The van der Waals surface area contributed by atoms with Crippen LogP contribution in [0.1, 0.15) is 73.6 Å². The third kappa shape index (κ3) is 2.34. The molecule has 4 bridgehead atoms. The van der Waals surface area contributed by atoms with Crippen LogP contribution in [0.2, 0.25) is 0 Å². The van der Waals surface area contributed by atoms with E-state index in [0.717, 1.165) is 12.3 Å². The number of carbonyl (C=O) groups is 1. The van der Waals surface area contributed by atoms with Gasteiger partial charge in [0.25, 0.3) is 0 Å². The van der Waals surface area contributed by atoms with Crippen LogP contribution in [0, 0.1) is 34.0 Å². The Labute approximate surface area is 170 Å². The Morgan fingerprint density at radius 3 is 2.43 bits per heavy atom. The summed E-state index contributed by atoms with van der Waals surface area (Å²) < 4.78 is 12.2. The fraction of sp³-hybridized carbons (Fsp3) is 0.792. The first kappa shape index (κ1) is 19.1. The molecule has 1 heterocycles. The van der Waals surface area contributed by atoms with Gasteiger partial charge in [-0.25, -0.2) is 0 Å². The van der Waals surface area contributed by atoms with Crippen molar-refractivity contribution in [1.82, 2.24) is 0 Å². The molecular formula is C24H35BO3. The molecule has 6 rings (SSSR count). The molecule has 1 saturated heterocycles. The summed E-state index contributed by atoms with van der Waals surface area (Å²) in [6.45, 7) is 13.0. The summed E-state index contributed by atoms with van der Waals surface area (Å²) in [5.41, 5.74) is -0.154. The standard InChI is InChI=1S/C24H35BO3/c1-20(2)21(3,4)28-25(27-20)11-7-9-23(6)18(26)8-10-24-14-17-12-16(19(23)24)13-22(17,5)15-24/h7-8,10-11,16-17,19H,9,12-15H2,1-6H3/b11-7+/t16-,17-,19+,22+,23-,24+/m1/s1. The van der Waals surface area contributed by atoms with E-state index in [4.69, 9.17) is 9.31 Å². The minimum absolute atomic E-state index is 0.265. The Hall–Kier alpha value is -0.865. The number of hydrogen-bond acceptors (Lipinski definition) is 3. The molecule has 4 heteroatoms. The van der Waals surface area contributed by atoms with Crippen molar-refractivity contribution in [2.24, 2.45) is 34.0 Å². The predicted molar refractivity (Wildman–Crippen MR) is 112 cm³/mol. The Kier molecular flexibility index (Phi) is 3.71. The molecule has 1 aliphatic heterocycles. The van der Waals surface area contributed by atoms with Crippen molar-refractivity contribution >= 4 is 12.9 Å². The molecule has 3 nitrogen and oxygen atoms in total. The van der Waals surface area contributed by atoms with Crippen molar-refractivity contribution in [2.75, 3.05) is 0 Å². The molecular weight excluding hydrogens is 347 g/mol. The molecule has 0 aromatic heterocycles. The molecule has 1 spiro atoms. The normalized spacial score (nSPS) is 50.1. The van der Waals surface area contributed by atoms with Crippen LogP contribution in [0.15, 0.2) is 24.2 Å². The second-order valence-electron chi connectivity index (χ2n) is 12.0. The Morgan fingerprint density at radius 2 is 1.79 bits per heavy atom. The van der Waals surface area contributed by atoms with E-state index in [1.165, 1.54) is 25.7 Å². The molecule has 0 unspecified atom stereocenters. The Morgan fingerprint density at radius 1 is 1.11 bits per heavy atom. The molecule has 0 radical (unpaired) electrons. The number of ketones is 1. The Bertz CT molecular complexity index is 767. The molecule has 6 aliphatic rings. The van der Waals surface area contributed by atoms with E-state index >= 15 is 0 Å². The first-order valence-electron chi connectivity index (χ1n) is 11.2. The summed E-state index contributed by atoms with van der Waals surface area (Å²) in [6.07, 6.45) is 12.4. The summed E-state index contributed by atoms with van der Waals surface area (Å²) in [6, 6.07) is 0. The van der Waals surface area contributed by atoms with Crippen molar-refractivity contribution in [1.29, 1.82) is 0 Å². The summed E-state index contributed by atoms with van der Waals surface area (Å²) in [5.74, 6) is 4.43. The lowest BCUT2D eigenvalue weighted by atomic mass is 9.47. The monoisotopic (exact) mass is 382 g/mol. The average molecular weight is 382 g/mol. The molecule has 0 aromatic carbocycles. The van der Waals surface area contributed by atoms with E-state index in [9.17, 15) is 4.79 Å². The van der Waals surface area contributed by atoms with Gasteiger partial charge in [-0.05, 0) is 94.5 Å². The molecule has 28 heavy (non-hydrogen) atoms. The Balaban J connectivity index is 1.38. The van der Waals surface area contributed by atoms with Gasteiger partial charge in [-0.2, -0.15) is 0 Å². The van der Waals surface area contributed by atoms with E-state index in [-0.39, 0.29) is 29.2 Å². The van der Waals surface area contributed by atoms with Crippen LogP contribution in [0.5, 0.6) is 0 Å². The van der Waals surface area contributed by atoms with Crippen molar-refractivity contribution in [2.45, 2.75) is 84.8 Å². The van der Waals surface area contributed by atoms with Gasteiger partial charge in [0.15, 0.2) is 5.78 Å². The summed E-state index contributed by atoms with van der Waals surface area (Å²) in [7, 11) is -0.328. The van der Waals surface area contributed by atoms with Gasteiger partial charge >= 0.3 is 7.12 Å². The van der Waals surface area contributed by atoms with E-state index < -0.39 is 0 Å². The van der Waals surface area contributed by atoms with Gasteiger partial charge in [-0.1, -0.05) is 32.0 Å². The SMILES string of the molecule is CC1(C)OB(/C=C/C[C@]2(C)C(=O)C=C[C@]34C[C@H]5C[C@H](C[C@@]5(C)C3)[C@H]42)OC1(C)C. The highest BCUT2D eigenvalue weighted by Gasteiger charge is 2.70. The molecule has 5 aliphatic carbocycles. The molecule has 5 fully saturated rings. The van der Waals surface area contributed by atoms with Gasteiger partial charge in [0.1, 0.15) is 0 Å². The van der Waals surface area contributed by atoms with Crippen LogP contribution in [0.4, 0.5) is 0 Å². The van der Waals surface area contributed by atoms with Gasteiger partial charge < -0.3 is 9.31 Å². The lowest BCUT2D eigenvalue weighted by Crippen LogP contribution is -2.52. The van der Waals surface area contributed by atoms with Gasteiger partial charge in [0.05, 0.1) is 11.2 Å². The van der Waals surface area contributed by atoms with Gasteiger partial charge in [0.2, 0.25) is 0 Å². The minimum atomic E-state index is -0.328. The molecule has 152 valence electrons. The van der Waals surface area contributed by atoms with Gasteiger partial charge in [0, 0.05) is 5.41 Å². The summed E-state index contributed by atoms with van der Waals surface area (Å²) in [5, 5.41) is 0. The van der Waals surface area contributed by atoms with Crippen molar-refractivity contribution in [3.63, 3.8) is 0 Å². The number of carbonyl (C=O) groups excluding carboxylic acids is 1. The lowest BCUT2D eigenvalue weighted by molar-refractivity contribution is -0.136. The third-order valence-electron chi connectivity index (χ3n) is 9.67. The van der Waals surface area contributed by atoms with E-state index in [1.807, 2.05) is 12.1 Å². The summed E-state index contributed by atoms with van der Waals surface area (Å²) >= 11 is 0. The number of rotatable bonds is 3. The van der Waals surface area contributed by atoms with Gasteiger partial charge in [-0.15, -0.1) is 0 Å². The topological polar surface area (TPSA) is 35.5 Å². The maximum atomic E-state index is 13.1. The smallest absolute Gasteiger partial charge is 0.400 e.